The van der Waals surface area contributed by atoms with Gasteiger partial charge in [0.05, 0.1) is 5.02 Å². The summed E-state index contributed by atoms with van der Waals surface area (Å²) >= 11 is 5.77. The maximum absolute atomic E-state index is 13.2. The second-order valence-electron chi connectivity index (χ2n) is 4.37. The zero-order valence-electron chi connectivity index (χ0n) is 11.0. The molecular weight excluding hydrogens is 253 g/mol. The van der Waals surface area contributed by atoms with Crippen LogP contribution in [0.2, 0.25) is 5.02 Å². The number of carbonyl (C=O) groups is 1. The largest absolute Gasteiger partial charge is 0.310 e. The summed E-state index contributed by atoms with van der Waals surface area (Å²) in [5, 5.41) is 0.0464. The molecule has 1 amide bonds. The summed E-state index contributed by atoms with van der Waals surface area (Å²) in [5.41, 5.74) is 0.661. The Labute approximate surface area is 113 Å². The maximum atomic E-state index is 13.2. The van der Waals surface area contributed by atoms with Gasteiger partial charge in [-0.15, -0.1) is 0 Å². The highest BCUT2D eigenvalue weighted by Crippen LogP contribution is 2.25. The van der Waals surface area contributed by atoms with E-state index in [1.54, 1.807) is 11.0 Å². The van der Waals surface area contributed by atoms with Gasteiger partial charge in [0.15, 0.2) is 0 Å². The van der Waals surface area contributed by atoms with Crippen LogP contribution in [0, 0.1) is 5.82 Å². The molecule has 0 aliphatic rings. The number of nitrogens with zero attached hydrogens (tertiary/aromatic N) is 1. The molecular formula is C14H19ClFNO. The van der Waals surface area contributed by atoms with Gasteiger partial charge in [0.1, 0.15) is 5.82 Å². The molecule has 1 rings (SSSR count). The molecule has 0 bridgehead atoms. The predicted molar refractivity (Wildman–Crippen MR) is 73.6 cm³/mol. The van der Waals surface area contributed by atoms with E-state index >= 15 is 0 Å². The van der Waals surface area contributed by atoms with Crippen molar-refractivity contribution in [2.24, 2.45) is 0 Å². The SMILES string of the molecule is CCCC(=O)N(c1ccc(F)c(Cl)c1)C(C)CC. The fraction of sp³-hybridized carbons (Fsp3) is 0.500. The highest BCUT2D eigenvalue weighted by Gasteiger charge is 2.20. The lowest BCUT2D eigenvalue weighted by atomic mass is 10.1. The van der Waals surface area contributed by atoms with Gasteiger partial charge in [-0.05, 0) is 38.0 Å². The first-order valence-electron chi connectivity index (χ1n) is 6.28. The number of hydrogen-bond acceptors (Lipinski definition) is 1. The van der Waals surface area contributed by atoms with Crippen molar-refractivity contribution < 1.29 is 9.18 Å². The van der Waals surface area contributed by atoms with Crippen molar-refractivity contribution in [2.45, 2.75) is 46.1 Å². The molecule has 0 saturated heterocycles. The topological polar surface area (TPSA) is 20.3 Å². The first-order chi connectivity index (χ1) is 8.51. The number of amides is 1. The van der Waals surface area contributed by atoms with E-state index in [-0.39, 0.29) is 17.0 Å². The molecule has 1 aromatic rings. The van der Waals surface area contributed by atoms with Crippen molar-refractivity contribution in [3.63, 3.8) is 0 Å². The minimum absolute atomic E-state index is 0.0464. The lowest BCUT2D eigenvalue weighted by Gasteiger charge is -2.29. The third-order valence-electron chi connectivity index (χ3n) is 2.95. The second-order valence-corrected chi connectivity index (χ2v) is 4.78. The standard InChI is InChI=1S/C14H19ClFNO/c1-4-6-14(18)17(10(3)5-2)11-7-8-13(16)12(15)9-11/h7-10H,4-6H2,1-3H3. The average molecular weight is 272 g/mol. The Balaban J connectivity index is 3.08. The highest BCUT2D eigenvalue weighted by molar-refractivity contribution is 6.31. The van der Waals surface area contributed by atoms with Gasteiger partial charge in [-0.3, -0.25) is 4.79 Å². The minimum atomic E-state index is -0.465. The molecule has 1 atom stereocenters. The second kappa shape index (κ2) is 6.74. The van der Waals surface area contributed by atoms with E-state index in [2.05, 4.69) is 0 Å². The van der Waals surface area contributed by atoms with Crippen molar-refractivity contribution in [2.75, 3.05) is 4.90 Å². The van der Waals surface area contributed by atoms with E-state index in [1.165, 1.54) is 12.1 Å². The van der Waals surface area contributed by atoms with Crippen molar-refractivity contribution in [3.8, 4) is 0 Å². The van der Waals surface area contributed by atoms with Gasteiger partial charge >= 0.3 is 0 Å². The van der Waals surface area contributed by atoms with Crippen LogP contribution in [-0.4, -0.2) is 11.9 Å². The van der Waals surface area contributed by atoms with E-state index in [1.807, 2.05) is 20.8 Å². The van der Waals surface area contributed by atoms with Crippen LogP contribution < -0.4 is 4.90 Å². The van der Waals surface area contributed by atoms with E-state index in [4.69, 9.17) is 11.6 Å². The molecule has 0 aliphatic heterocycles. The van der Waals surface area contributed by atoms with Crippen molar-refractivity contribution in [1.82, 2.24) is 0 Å². The van der Waals surface area contributed by atoms with E-state index < -0.39 is 5.82 Å². The van der Waals surface area contributed by atoms with Gasteiger partial charge in [0.25, 0.3) is 0 Å². The molecule has 0 aromatic heterocycles. The van der Waals surface area contributed by atoms with Crippen LogP contribution in [-0.2, 0) is 4.79 Å². The minimum Gasteiger partial charge on any atom is -0.310 e. The molecule has 0 aliphatic carbocycles. The number of benzene rings is 1. The normalized spacial score (nSPS) is 12.3. The molecule has 100 valence electrons. The summed E-state index contributed by atoms with van der Waals surface area (Å²) in [6, 6.07) is 4.48. The molecule has 2 nitrogen and oxygen atoms in total. The van der Waals surface area contributed by atoms with Crippen LogP contribution in [0.25, 0.3) is 0 Å². The van der Waals surface area contributed by atoms with Crippen LogP contribution in [0.5, 0.6) is 0 Å². The van der Waals surface area contributed by atoms with Crippen LogP contribution in [0.3, 0.4) is 0 Å². The molecule has 1 aromatic carbocycles. The first-order valence-corrected chi connectivity index (χ1v) is 6.66. The third kappa shape index (κ3) is 3.45. The van der Waals surface area contributed by atoms with Gasteiger partial charge in [0, 0.05) is 18.2 Å². The lowest BCUT2D eigenvalue weighted by molar-refractivity contribution is -0.119. The zero-order valence-corrected chi connectivity index (χ0v) is 11.8. The maximum Gasteiger partial charge on any atom is 0.227 e. The van der Waals surface area contributed by atoms with Gasteiger partial charge < -0.3 is 4.90 Å². The predicted octanol–water partition coefficient (Wildman–Crippen LogP) is 4.41. The third-order valence-corrected chi connectivity index (χ3v) is 3.24. The van der Waals surface area contributed by atoms with Gasteiger partial charge in [-0.1, -0.05) is 25.4 Å². The summed E-state index contributed by atoms with van der Waals surface area (Å²) in [4.78, 5) is 13.8. The Morgan fingerprint density at radius 3 is 2.61 bits per heavy atom. The van der Waals surface area contributed by atoms with Crippen LogP contribution >= 0.6 is 11.6 Å². The quantitative estimate of drug-likeness (QED) is 0.777. The summed E-state index contributed by atoms with van der Waals surface area (Å²) in [5.74, 6) is -0.415. The zero-order chi connectivity index (χ0) is 13.7. The highest BCUT2D eigenvalue weighted by atomic mass is 35.5. The lowest BCUT2D eigenvalue weighted by Crippen LogP contribution is -2.38. The number of halogens is 2. The average Bonchev–Trinajstić information content (AvgIpc) is 2.34. The van der Waals surface area contributed by atoms with E-state index in [0.717, 1.165) is 12.8 Å². The number of anilines is 1. The molecule has 0 N–H and O–H groups in total. The molecule has 0 heterocycles. The Morgan fingerprint density at radius 1 is 1.44 bits per heavy atom. The monoisotopic (exact) mass is 271 g/mol. The molecule has 0 fully saturated rings. The first kappa shape index (κ1) is 15.0. The molecule has 0 radical (unpaired) electrons. The molecule has 1 unspecified atom stereocenters. The van der Waals surface area contributed by atoms with Crippen molar-refractivity contribution in [3.05, 3.63) is 29.0 Å². The Kier molecular flexibility index (Phi) is 5.60. The van der Waals surface area contributed by atoms with E-state index in [9.17, 15) is 9.18 Å². The molecule has 0 saturated carbocycles. The van der Waals surface area contributed by atoms with Crippen molar-refractivity contribution >= 4 is 23.2 Å². The number of rotatable bonds is 5. The summed E-state index contributed by atoms with van der Waals surface area (Å²) in [6.45, 7) is 5.96. The smallest absolute Gasteiger partial charge is 0.227 e. The Bertz CT molecular complexity index is 422. The Hall–Kier alpha value is -1.09. The Morgan fingerprint density at radius 2 is 2.11 bits per heavy atom. The summed E-state index contributed by atoms with van der Waals surface area (Å²) in [7, 11) is 0. The van der Waals surface area contributed by atoms with Gasteiger partial charge in [-0.25, -0.2) is 4.39 Å². The van der Waals surface area contributed by atoms with Crippen LogP contribution in [0.4, 0.5) is 10.1 Å². The van der Waals surface area contributed by atoms with Gasteiger partial charge in [-0.2, -0.15) is 0 Å². The fourth-order valence-electron chi connectivity index (χ4n) is 1.80. The molecule has 18 heavy (non-hydrogen) atoms. The van der Waals surface area contributed by atoms with Crippen molar-refractivity contribution in [1.29, 1.82) is 0 Å². The molecule has 0 spiro atoms. The summed E-state index contributed by atoms with van der Waals surface area (Å²) < 4.78 is 13.2. The fourth-order valence-corrected chi connectivity index (χ4v) is 1.97. The number of carbonyl (C=O) groups excluding carboxylic acids is 1. The van der Waals surface area contributed by atoms with Gasteiger partial charge in [0.2, 0.25) is 5.91 Å². The summed E-state index contributed by atoms with van der Waals surface area (Å²) in [6.07, 6.45) is 2.12. The van der Waals surface area contributed by atoms with Crippen LogP contribution in [0.15, 0.2) is 18.2 Å². The number of hydrogen-bond donors (Lipinski definition) is 0. The van der Waals surface area contributed by atoms with E-state index in [0.29, 0.717) is 12.1 Å². The molecule has 4 heteroatoms. The van der Waals surface area contributed by atoms with Crippen LogP contribution in [0.1, 0.15) is 40.0 Å².